The molecule has 2 atom stereocenters. The second-order valence-electron chi connectivity index (χ2n) is 4.61. The van der Waals surface area contributed by atoms with Crippen LogP contribution in [0.15, 0.2) is 24.3 Å². The van der Waals surface area contributed by atoms with Crippen LogP contribution in [0.25, 0.3) is 0 Å². The average molecular weight is 301 g/mol. The van der Waals surface area contributed by atoms with Crippen LogP contribution in [0.5, 0.6) is 0 Å². The van der Waals surface area contributed by atoms with Gasteiger partial charge in [-0.05, 0) is 30.5 Å². The van der Waals surface area contributed by atoms with Gasteiger partial charge in [-0.2, -0.15) is 5.26 Å². The molecule has 0 amide bonds. The second kappa shape index (κ2) is 6.90. The minimum absolute atomic E-state index is 0.0110. The molecule has 0 saturated carbocycles. The van der Waals surface area contributed by atoms with E-state index in [0.717, 1.165) is 5.56 Å². The fraction of sp³-hybridized carbons (Fsp3) is 0.462. The van der Waals surface area contributed by atoms with Crippen LogP contribution in [0.1, 0.15) is 31.0 Å². The molecular formula is C13H17ClN2O2S. The molecule has 0 aliphatic heterocycles. The molecule has 0 heterocycles. The minimum atomic E-state index is -3.36. The van der Waals surface area contributed by atoms with Gasteiger partial charge in [-0.1, -0.05) is 19.1 Å². The van der Waals surface area contributed by atoms with Crippen molar-refractivity contribution in [2.45, 2.75) is 19.9 Å². The third-order valence-electron chi connectivity index (χ3n) is 2.66. The topological polar surface area (TPSA) is 70.0 Å². The van der Waals surface area contributed by atoms with Crippen molar-refractivity contribution in [3.63, 3.8) is 0 Å². The van der Waals surface area contributed by atoms with Gasteiger partial charge in [0.05, 0.1) is 17.4 Å². The first kappa shape index (κ1) is 16.0. The number of alkyl halides is 1. The van der Waals surface area contributed by atoms with Crippen LogP contribution in [0, 0.1) is 17.2 Å². The molecule has 0 spiro atoms. The monoisotopic (exact) mass is 300 g/mol. The number of nitrogens with one attached hydrogen (secondary N) is 1. The summed E-state index contributed by atoms with van der Waals surface area (Å²) in [6.45, 7) is 3.56. The van der Waals surface area contributed by atoms with Crippen LogP contribution in [-0.4, -0.2) is 20.1 Å². The van der Waals surface area contributed by atoms with E-state index in [4.69, 9.17) is 16.9 Å². The van der Waals surface area contributed by atoms with Gasteiger partial charge in [0.25, 0.3) is 0 Å². The molecule has 2 unspecified atom stereocenters. The predicted octanol–water partition coefficient (Wildman–Crippen LogP) is 2.41. The number of nitriles is 1. The summed E-state index contributed by atoms with van der Waals surface area (Å²) < 4.78 is 26.4. The van der Waals surface area contributed by atoms with Crippen LogP contribution < -0.4 is 4.72 Å². The first-order chi connectivity index (χ1) is 8.88. The Kier molecular flexibility index (Phi) is 5.80. The van der Waals surface area contributed by atoms with Crippen LogP contribution in [0.2, 0.25) is 0 Å². The van der Waals surface area contributed by atoms with E-state index < -0.39 is 10.0 Å². The van der Waals surface area contributed by atoms with Crippen LogP contribution >= 0.6 is 11.6 Å². The molecular weight excluding hydrogens is 284 g/mol. The summed E-state index contributed by atoms with van der Waals surface area (Å²) in [5, 5.41) is 8.71. The standard InChI is InChI=1S/C13H17ClN2O2S/c1-10(7-14)9-19(17,18)16-11(2)13-5-3-12(8-15)4-6-13/h3-6,10-11,16H,7,9H2,1-2H3. The van der Waals surface area contributed by atoms with Crippen LogP contribution in [-0.2, 0) is 10.0 Å². The molecule has 0 saturated heterocycles. The van der Waals surface area contributed by atoms with E-state index in [1.54, 1.807) is 38.1 Å². The van der Waals surface area contributed by atoms with Gasteiger partial charge in [0, 0.05) is 11.9 Å². The molecule has 0 bridgehead atoms. The Morgan fingerprint density at radius 3 is 2.37 bits per heavy atom. The van der Waals surface area contributed by atoms with E-state index in [1.807, 2.05) is 6.07 Å². The number of rotatable bonds is 6. The zero-order valence-corrected chi connectivity index (χ0v) is 12.5. The Balaban J connectivity index is 2.73. The van der Waals surface area contributed by atoms with Gasteiger partial charge >= 0.3 is 0 Å². The van der Waals surface area contributed by atoms with E-state index in [9.17, 15) is 8.42 Å². The molecule has 0 aliphatic carbocycles. The summed E-state index contributed by atoms with van der Waals surface area (Å²) >= 11 is 5.62. The molecule has 1 aromatic rings. The zero-order valence-electron chi connectivity index (χ0n) is 10.9. The van der Waals surface area contributed by atoms with Gasteiger partial charge in [0.2, 0.25) is 10.0 Å². The molecule has 6 heteroatoms. The molecule has 0 aliphatic rings. The highest BCUT2D eigenvalue weighted by Gasteiger charge is 2.18. The Labute approximate surface area is 119 Å². The van der Waals surface area contributed by atoms with Crippen LogP contribution in [0.3, 0.4) is 0 Å². The number of benzene rings is 1. The summed E-state index contributed by atoms with van der Waals surface area (Å²) in [6, 6.07) is 8.52. The molecule has 1 aromatic carbocycles. The number of nitrogens with zero attached hydrogens (tertiary/aromatic N) is 1. The van der Waals surface area contributed by atoms with Crippen molar-refractivity contribution >= 4 is 21.6 Å². The molecule has 19 heavy (non-hydrogen) atoms. The van der Waals surface area contributed by atoms with Gasteiger partial charge in [-0.3, -0.25) is 0 Å². The van der Waals surface area contributed by atoms with Gasteiger partial charge in [-0.25, -0.2) is 13.1 Å². The van der Waals surface area contributed by atoms with Crippen molar-refractivity contribution in [3.05, 3.63) is 35.4 Å². The molecule has 0 aromatic heterocycles. The van der Waals surface area contributed by atoms with Gasteiger partial charge < -0.3 is 0 Å². The lowest BCUT2D eigenvalue weighted by molar-refractivity contribution is 0.555. The quantitative estimate of drug-likeness (QED) is 0.820. The minimum Gasteiger partial charge on any atom is -0.212 e. The SMILES string of the molecule is CC(CCl)CS(=O)(=O)NC(C)c1ccc(C#N)cc1. The van der Waals surface area contributed by atoms with E-state index >= 15 is 0 Å². The summed E-state index contributed by atoms with van der Waals surface area (Å²) in [5.41, 5.74) is 1.37. The van der Waals surface area contributed by atoms with Gasteiger partial charge in [-0.15, -0.1) is 11.6 Å². The largest absolute Gasteiger partial charge is 0.212 e. The first-order valence-electron chi connectivity index (χ1n) is 5.94. The molecule has 1 rings (SSSR count). The molecule has 0 fully saturated rings. The number of sulfonamides is 1. The van der Waals surface area contributed by atoms with Crippen molar-refractivity contribution in [1.82, 2.24) is 4.72 Å². The molecule has 1 N–H and O–H groups in total. The Morgan fingerprint density at radius 2 is 1.89 bits per heavy atom. The maximum Gasteiger partial charge on any atom is 0.212 e. The zero-order chi connectivity index (χ0) is 14.5. The first-order valence-corrected chi connectivity index (χ1v) is 8.12. The summed E-state index contributed by atoms with van der Waals surface area (Å²) in [5.74, 6) is 0.232. The molecule has 104 valence electrons. The van der Waals surface area contributed by atoms with Crippen molar-refractivity contribution in [2.24, 2.45) is 5.92 Å². The number of halogens is 1. The van der Waals surface area contributed by atoms with E-state index in [1.165, 1.54) is 0 Å². The van der Waals surface area contributed by atoms with Gasteiger partial charge in [0.1, 0.15) is 0 Å². The van der Waals surface area contributed by atoms with Crippen molar-refractivity contribution in [1.29, 1.82) is 5.26 Å². The van der Waals surface area contributed by atoms with Crippen molar-refractivity contribution in [3.8, 4) is 6.07 Å². The highest BCUT2D eigenvalue weighted by molar-refractivity contribution is 7.89. The number of hydrogen-bond acceptors (Lipinski definition) is 3. The summed E-state index contributed by atoms with van der Waals surface area (Å²) in [6.07, 6.45) is 0. The van der Waals surface area contributed by atoms with Crippen molar-refractivity contribution in [2.75, 3.05) is 11.6 Å². The normalized spacial score (nSPS) is 14.6. The van der Waals surface area contributed by atoms with E-state index in [2.05, 4.69) is 4.72 Å². The fourth-order valence-corrected chi connectivity index (χ4v) is 3.53. The maximum absolute atomic E-state index is 11.9. The Bertz CT molecular complexity index is 549. The Morgan fingerprint density at radius 1 is 1.32 bits per heavy atom. The van der Waals surface area contributed by atoms with Crippen molar-refractivity contribution < 1.29 is 8.42 Å². The lowest BCUT2D eigenvalue weighted by Crippen LogP contribution is -2.31. The number of hydrogen-bond donors (Lipinski definition) is 1. The lowest BCUT2D eigenvalue weighted by atomic mass is 10.1. The Hall–Kier alpha value is -1.09. The molecule has 4 nitrogen and oxygen atoms in total. The highest BCUT2D eigenvalue weighted by Crippen LogP contribution is 2.15. The highest BCUT2D eigenvalue weighted by atomic mass is 35.5. The van der Waals surface area contributed by atoms with Crippen LogP contribution in [0.4, 0.5) is 0 Å². The van der Waals surface area contributed by atoms with E-state index in [0.29, 0.717) is 11.4 Å². The third kappa shape index (κ3) is 5.19. The predicted molar refractivity (Wildman–Crippen MR) is 76.4 cm³/mol. The lowest BCUT2D eigenvalue weighted by Gasteiger charge is -2.16. The van der Waals surface area contributed by atoms with Gasteiger partial charge in [0.15, 0.2) is 0 Å². The summed E-state index contributed by atoms with van der Waals surface area (Å²) in [7, 11) is -3.36. The molecule has 0 radical (unpaired) electrons. The maximum atomic E-state index is 11.9. The third-order valence-corrected chi connectivity index (χ3v) is 4.91. The van der Waals surface area contributed by atoms with E-state index in [-0.39, 0.29) is 17.7 Å². The average Bonchev–Trinajstić information content (AvgIpc) is 2.37. The summed E-state index contributed by atoms with van der Waals surface area (Å²) in [4.78, 5) is 0. The fourth-order valence-electron chi connectivity index (χ4n) is 1.65. The second-order valence-corrected chi connectivity index (χ2v) is 6.72. The smallest absolute Gasteiger partial charge is 0.212 e.